The molecule has 0 atom stereocenters. The molecule has 0 aliphatic heterocycles. The molecule has 0 aromatic heterocycles. The average Bonchev–Trinajstić information content (AvgIpc) is 2.87. The van der Waals surface area contributed by atoms with E-state index in [1.807, 2.05) is 31.2 Å². The van der Waals surface area contributed by atoms with Crippen molar-refractivity contribution in [1.82, 2.24) is 5.32 Å². The van der Waals surface area contributed by atoms with Gasteiger partial charge >= 0.3 is 0 Å². The zero-order valence-electron chi connectivity index (χ0n) is 19.6. The number of hydrogen-bond acceptors (Lipinski definition) is 5. The SMILES string of the molecule is CCOc1cc(/C=C(/C#N)C(=O)NCc2ccc(OC)cc2)cc(Br)c1OCc1ccc(Cl)c(Cl)c1. The molecule has 0 heterocycles. The van der Waals surface area contributed by atoms with E-state index in [1.165, 1.54) is 6.08 Å². The second kappa shape index (κ2) is 13.2. The number of halogens is 3. The Hall–Kier alpha value is -3.18. The summed E-state index contributed by atoms with van der Waals surface area (Å²) in [5.41, 5.74) is 2.28. The van der Waals surface area contributed by atoms with Gasteiger partial charge in [0.2, 0.25) is 0 Å². The fraction of sp³-hybridized carbons (Fsp3) is 0.185. The molecule has 3 rings (SSSR count). The van der Waals surface area contributed by atoms with E-state index in [4.69, 9.17) is 37.4 Å². The predicted octanol–water partition coefficient (Wildman–Crippen LogP) is 6.97. The summed E-state index contributed by atoms with van der Waals surface area (Å²) in [6, 6.07) is 18.0. The topological polar surface area (TPSA) is 80.6 Å². The van der Waals surface area contributed by atoms with Crippen LogP contribution in [-0.4, -0.2) is 19.6 Å². The van der Waals surface area contributed by atoms with Crippen LogP contribution in [-0.2, 0) is 17.9 Å². The van der Waals surface area contributed by atoms with Crippen LogP contribution < -0.4 is 19.5 Å². The minimum Gasteiger partial charge on any atom is -0.497 e. The molecule has 186 valence electrons. The molecule has 36 heavy (non-hydrogen) atoms. The number of nitrogens with one attached hydrogen (secondary N) is 1. The number of carbonyl (C=O) groups excluding carboxylic acids is 1. The lowest BCUT2D eigenvalue weighted by Gasteiger charge is -2.15. The van der Waals surface area contributed by atoms with Gasteiger partial charge < -0.3 is 19.5 Å². The van der Waals surface area contributed by atoms with Gasteiger partial charge in [-0.1, -0.05) is 41.4 Å². The van der Waals surface area contributed by atoms with Gasteiger partial charge in [0.1, 0.15) is 24.0 Å². The molecular weight excluding hydrogens is 567 g/mol. The second-order valence-electron chi connectivity index (χ2n) is 7.50. The van der Waals surface area contributed by atoms with Crippen LogP contribution in [0.1, 0.15) is 23.6 Å². The molecule has 6 nitrogen and oxygen atoms in total. The van der Waals surface area contributed by atoms with Crippen LogP contribution in [0.25, 0.3) is 6.08 Å². The van der Waals surface area contributed by atoms with Gasteiger partial charge in [-0.05, 0) is 82.0 Å². The molecule has 1 N–H and O–H groups in total. The van der Waals surface area contributed by atoms with Crippen LogP contribution in [0, 0.1) is 11.3 Å². The van der Waals surface area contributed by atoms with Crippen molar-refractivity contribution >= 4 is 51.1 Å². The summed E-state index contributed by atoms with van der Waals surface area (Å²) < 4.78 is 17.5. The van der Waals surface area contributed by atoms with Crippen LogP contribution >= 0.6 is 39.1 Å². The number of hydrogen-bond donors (Lipinski definition) is 1. The summed E-state index contributed by atoms with van der Waals surface area (Å²) >= 11 is 15.6. The summed E-state index contributed by atoms with van der Waals surface area (Å²) in [6.45, 7) is 2.77. The monoisotopic (exact) mass is 588 g/mol. The van der Waals surface area contributed by atoms with Crippen molar-refractivity contribution in [3.8, 4) is 23.3 Å². The summed E-state index contributed by atoms with van der Waals surface area (Å²) in [7, 11) is 1.59. The highest BCUT2D eigenvalue weighted by Gasteiger charge is 2.15. The van der Waals surface area contributed by atoms with E-state index in [2.05, 4.69) is 21.2 Å². The maximum Gasteiger partial charge on any atom is 0.262 e. The Morgan fingerprint density at radius 3 is 2.42 bits per heavy atom. The molecule has 0 aliphatic rings. The van der Waals surface area contributed by atoms with Crippen LogP contribution in [0.3, 0.4) is 0 Å². The van der Waals surface area contributed by atoms with Crippen molar-refractivity contribution in [3.05, 3.63) is 91.4 Å². The van der Waals surface area contributed by atoms with Gasteiger partial charge in [0.25, 0.3) is 5.91 Å². The number of nitrogens with zero attached hydrogens (tertiary/aromatic N) is 1. The first-order valence-electron chi connectivity index (χ1n) is 10.9. The Morgan fingerprint density at radius 1 is 1.06 bits per heavy atom. The molecule has 0 unspecified atom stereocenters. The lowest BCUT2D eigenvalue weighted by molar-refractivity contribution is -0.117. The predicted molar refractivity (Wildman–Crippen MR) is 145 cm³/mol. The Bertz CT molecular complexity index is 1300. The third-order valence-corrected chi connectivity index (χ3v) is 6.32. The third-order valence-electron chi connectivity index (χ3n) is 4.99. The van der Waals surface area contributed by atoms with Crippen molar-refractivity contribution in [2.75, 3.05) is 13.7 Å². The van der Waals surface area contributed by atoms with E-state index in [1.54, 1.807) is 43.5 Å². The Morgan fingerprint density at radius 2 is 1.78 bits per heavy atom. The number of methoxy groups -OCH3 is 1. The molecule has 1 amide bonds. The Balaban J connectivity index is 1.76. The molecule has 0 aliphatic carbocycles. The maximum atomic E-state index is 12.6. The van der Waals surface area contributed by atoms with E-state index in [-0.39, 0.29) is 18.7 Å². The standard InChI is InChI=1S/C27H23BrCl2N2O4/c1-3-35-25-13-19(11-22(28)26(25)36-16-18-6-9-23(29)24(30)12-18)10-20(14-31)27(33)32-15-17-4-7-21(34-2)8-5-17/h4-13H,3,15-16H2,1-2H3,(H,32,33)/b20-10-. The summed E-state index contributed by atoms with van der Waals surface area (Å²) in [6.07, 6.45) is 1.50. The van der Waals surface area contributed by atoms with Crippen molar-refractivity contribution in [1.29, 1.82) is 5.26 Å². The Kier molecular flexibility index (Phi) is 10.1. The highest BCUT2D eigenvalue weighted by Crippen LogP contribution is 2.38. The van der Waals surface area contributed by atoms with Gasteiger partial charge in [0, 0.05) is 6.54 Å². The highest BCUT2D eigenvalue weighted by molar-refractivity contribution is 9.10. The normalized spacial score (nSPS) is 10.9. The molecule has 3 aromatic rings. The van der Waals surface area contributed by atoms with E-state index in [0.717, 1.165) is 16.9 Å². The van der Waals surface area contributed by atoms with Crippen LogP contribution in [0.4, 0.5) is 0 Å². The fourth-order valence-corrected chi connectivity index (χ4v) is 4.09. The number of ether oxygens (including phenoxy) is 3. The van der Waals surface area contributed by atoms with Crippen molar-refractivity contribution in [3.63, 3.8) is 0 Å². The minimum absolute atomic E-state index is 0.0395. The first-order chi connectivity index (χ1) is 17.3. The molecular formula is C27H23BrCl2N2O4. The van der Waals surface area contributed by atoms with Crippen LogP contribution in [0.15, 0.2) is 64.6 Å². The van der Waals surface area contributed by atoms with Crippen molar-refractivity contribution in [2.24, 2.45) is 0 Å². The van der Waals surface area contributed by atoms with Crippen molar-refractivity contribution < 1.29 is 19.0 Å². The number of amides is 1. The van der Waals surface area contributed by atoms with E-state index >= 15 is 0 Å². The molecule has 9 heteroatoms. The van der Waals surface area contributed by atoms with Crippen molar-refractivity contribution in [2.45, 2.75) is 20.1 Å². The molecule has 0 fully saturated rings. The number of nitriles is 1. The van der Waals surface area contributed by atoms with E-state index < -0.39 is 5.91 Å². The summed E-state index contributed by atoms with van der Waals surface area (Å²) in [5, 5.41) is 13.3. The largest absolute Gasteiger partial charge is 0.497 e. The van der Waals surface area contributed by atoms with Gasteiger partial charge in [0.05, 0.1) is 28.2 Å². The van der Waals surface area contributed by atoms with Gasteiger partial charge in [-0.3, -0.25) is 4.79 Å². The number of carbonyl (C=O) groups is 1. The molecule has 3 aromatic carbocycles. The van der Waals surface area contributed by atoms with Gasteiger partial charge in [-0.2, -0.15) is 5.26 Å². The van der Waals surface area contributed by atoms with E-state index in [9.17, 15) is 10.1 Å². The molecule has 0 saturated heterocycles. The maximum absolute atomic E-state index is 12.6. The summed E-state index contributed by atoms with van der Waals surface area (Å²) in [5.74, 6) is 1.20. The fourth-order valence-electron chi connectivity index (χ4n) is 3.20. The number of rotatable bonds is 10. The zero-order chi connectivity index (χ0) is 26.1. The Labute approximate surface area is 228 Å². The highest BCUT2D eigenvalue weighted by atomic mass is 79.9. The van der Waals surface area contributed by atoms with Gasteiger partial charge in [-0.15, -0.1) is 0 Å². The average molecular weight is 590 g/mol. The quantitative estimate of drug-likeness (QED) is 0.204. The second-order valence-corrected chi connectivity index (χ2v) is 9.17. The minimum atomic E-state index is -0.484. The molecule has 0 saturated carbocycles. The molecule has 0 radical (unpaired) electrons. The van der Waals surface area contributed by atoms with Crippen LogP contribution in [0.5, 0.6) is 17.2 Å². The first kappa shape index (κ1) is 27.4. The third kappa shape index (κ3) is 7.41. The van der Waals surface area contributed by atoms with Gasteiger partial charge in [0.15, 0.2) is 11.5 Å². The lowest BCUT2D eigenvalue weighted by Crippen LogP contribution is -2.23. The molecule has 0 bridgehead atoms. The van der Waals surface area contributed by atoms with E-state index in [0.29, 0.717) is 38.2 Å². The molecule has 0 spiro atoms. The lowest BCUT2D eigenvalue weighted by atomic mass is 10.1. The van der Waals surface area contributed by atoms with Crippen LogP contribution in [0.2, 0.25) is 10.0 Å². The smallest absolute Gasteiger partial charge is 0.262 e. The number of benzene rings is 3. The van der Waals surface area contributed by atoms with Gasteiger partial charge in [-0.25, -0.2) is 0 Å². The first-order valence-corrected chi connectivity index (χ1v) is 12.5. The zero-order valence-corrected chi connectivity index (χ0v) is 22.7. The summed E-state index contributed by atoms with van der Waals surface area (Å²) in [4.78, 5) is 12.6.